The molecule has 0 spiro atoms. The van der Waals surface area contributed by atoms with Crippen LogP contribution in [-0.4, -0.2) is 30.6 Å². The van der Waals surface area contributed by atoms with Crippen LogP contribution in [0, 0.1) is 18.7 Å². The summed E-state index contributed by atoms with van der Waals surface area (Å²) in [4.78, 5) is 20.1. The van der Waals surface area contributed by atoms with Gasteiger partial charge in [-0.05, 0) is 74.4 Å². The lowest BCUT2D eigenvalue weighted by Crippen LogP contribution is -2.37. The van der Waals surface area contributed by atoms with Gasteiger partial charge >= 0.3 is 0 Å². The predicted molar refractivity (Wildman–Crippen MR) is 157 cm³/mol. The molecule has 3 heterocycles. The van der Waals surface area contributed by atoms with Crippen molar-refractivity contribution in [3.8, 4) is 11.5 Å². The van der Waals surface area contributed by atoms with Crippen molar-refractivity contribution < 1.29 is 23.4 Å². The largest absolute Gasteiger partial charge is 0.488 e. The average Bonchev–Trinajstić information content (AvgIpc) is 3.00. The number of aromatic nitrogens is 1. The van der Waals surface area contributed by atoms with E-state index in [1.54, 1.807) is 6.07 Å². The van der Waals surface area contributed by atoms with Gasteiger partial charge in [0, 0.05) is 42.7 Å². The highest BCUT2D eigenvalue weighted by molar-refractivity contribution is 5.95. The molecule has 0 radical (unpaired) electrons. The second-order valence-corrected chi connectivity index (χ2v) is 10.9. The third-order valence-electron chi connectivity index (χ3n) is 8.14. The predicted octanol–water partition coefficient (Wildman–Crippen LogP) is 6.94. The normalized spacial score (nSPS) is 15.5. The van der Waals surface area contributed by atoms with Crippen molar-refractivity contribution in [3.05, 3.63) is 94.9 Å². The highest BCUT2D eigenvalue weighted by Crippen LogP contribution is 2.37. The Morgan fingerprint density at radius 1 is 1.02 bits per heavy atom. The summed E-state index contributed by atoms with van der Waals surface area (Å²) in [5.74, 6) is 1.60. The number of hydrogen-bond acceptors (Lipinski definition) is 5. The number of fused-ring (bicyclic) bond motifs is 2. The number of rotatable bonds is 8. The molecule has 0 N–H and O–H groups in total. The SMILES string of the molecule is Cc1c(COc2cccc3c2CCCN3C(=O)CC2CCOCC2)nc2ccc(F)cc2c1OCc1ccccc1. The van der Waals surface area contributed by atoms with Crippen molar-refractivity contribution in [1.29, 1.82) is 0 Å². The molecular weight excluding hydrogens is 519 g/mol. The fraction of sp³-hybridized carbons (Fsp3) is 0.353. The van der Waals surface area contributed by atoms with Crippen LogP contribution < -0.4 is 14.4 Å². The van der Waals surface area contributed by atoms with E-state index in [-0.39, 0.29) is 18.3 Å². The van der Waals surface area contributed by atoms with Crippen molar-refractivity contribution in [2.75, 3.05) is 24.7 Å². The van der Waals surface area contributed by atoms with E-state index in [0.29, 0.717) is 35.6 Å². The fourth-order valence-electron chi connectivity index (χ4n) is 5.85. The zero-order chi connectivity index (χ0) is 28.2. The Labute approximate surface area is 240 Å². The fourth-order valence-corrected chi connectivity index (χ4v) is 5.85. The van der Waals surface area contributed by atoms with Gasteiger partial charge in [-0.1, -0.05) is 36.4 Å². The first kappa shape index (κ1) is 27.2. The number of nitrogens with zero attached hydrogens (tertiary/aromatic N) is 2. The molecule has 41 heavy (non-hydrogen) atoms. The third-order valence-corrected chi connectivity index (χ3v) is 8.14. The molecule has 1 aromatic heterocycles. The molecule has 2 aliphatic heterocycles. The summed E-state index contributed by atoms with van der Waals surface area (Å²) in [5, 5.41) is 0.637. The van der Waals surface area contributed by atoms with Crippen LogP contribution in [0.15, 0.2) is 66.7 Å². The van der Waals surface area contributed by atoms with Crippen molar-refractivity contribution in [2.24, 2.45) is 5.92 Å². The van der Waals surface area contributed by atoms with E-state index in [1.807, 2.05) is 60.4 Å². The first-order chi connectivity index (χ1) is 20.1. The van der Waals surface area contributed by atoms with Crippen molar-refractivity contribution in [2.45, 2.75) is 52.2 Å². The number of ether oxygens (including phenoxy) is 3. The summed E-state index contributed by atoms with van der Waals surface area (Å²) in [5.41, 5.74) is 5.22. The van der Waals surface area contributed by atoms with Crippen LogP contribution in [0.25, 0.3) is 10.9 Å². The minimum Gasteiger partial charge on any atom is -0.488 e. The van der Waals surface area contributed by atoms with Crippen molar-refractivity contribution in [1.82, 2.24) is 4.98 Å². The van der Waals surface area contributed by atoms with E-state index in [1.165, 1.54) is 12.1 Å². The highest BCUT2D eigenvalue weighted by Gasteiger charge is 2.27. The van der Waals surface area contributed by atoms with E-state index in [4.69, 9.17) is 19.2 Å². The Balaban J connectivity index is 1.24. The number of carbonyl (C=O) groups is 1. The van der Waals surface area contributed by atoms with Gasteiger partial charge in [-0.15, -0.1) is 0 Å². The molecule has 6 rings (SSSR count). The van der Waals surface area contributed by atoms with Crippen LogP contribution >= 0.6 is 0 Å². The van der Waals surface area contributed by atoms with E-state index >= 15 is 0 Å². The molecular formula is C34H35FN2O4. The van der Waals surface area contributed by atoms with Crippen LogP contribution in [-0.2, 0) is 29.2 Å². The third kappa shape index (κ3) is 6.05. The second-order valence-electron chi connectivity index (χ2n) is 10.9. The molecule has 212 valence electrons. The lowest BCUT2D eigenvalue weighted by Gasteiger charge is -2.32. The van der Waals surface area contributed by atoms with E-state index in [0.717, 1.165) is 79.3 Å². The van der Waals surface area contributed by atoms with Crippen molar-refractivity contribution in [3.63, 3.8) is 0 Å². The lowest BCUT2D eigenvalue weighted by molar-refractivity contribution is -0.120. The molecule has 7 heteroatoms. The molecule has 1 amide bonds. The lowest BCUT2D eigenvalue weighted by atomic mass is 9.94. The van der Waals surface area contributed by atoms with Crippen LogP contribution in [0.3, 0.4) is 0 Å². The maximum Gasteiger partial charge on any atom is 0.227 e. The molecule has 4 aromatic rings. The summed E-state index contributed by atoms with van der Waals surface area (Å²) in [6, 6.07) is 20.4. The molecule has 0 saturated carbocycles. The van der Waals surface area contributed by atoms with E-state index in [9.17, 15) is 9.18 Å². The van der Waals surface area contributed by atoms with Gasteiger partial charge < -0.3 is 19.1 Å². The molecule has 1 fully saturated rings. The summed E-state index contributed by atoms with van der Waals surface area (Å²) in [6.45, 7) is 4.73. The van der Waals surface area contributed by atoms with Crippen LogP contribution in [0.5, 0.6) is 11.5 Å². The van der Waals surface area contributed by atoms with Gasteiger partial charge in [-0.25, -0.2) is 9.37 Å². The van der Waals surface area contributed by atoms with Crippen LogP contribution in [0.4, 0.5) is 10.1 Å². The number of amides is 1. The van der Waals surface area contributed by atoms with Gasteiger partial charge in [0.2, 0.25) is 5.91 Å². The molecule has 1 saturated heterocycles. The topological polar surface area (TPSA) is 60.9 Å². The Morgan fingerprint density at radius 2 is 1.85 bits per heavy atom. The number of carbonyl (C=O) groups excluding carboxylic acids is 1. The van der Waals surface area contributed by atoms with Crippen LogP contribution in [0.1, 0.15) is 48.1 Å². The number of hydrogen-bond donors (Lipinski definition) is 0. The molecule has 0 unspecified atom stereocenters. The first-order valence-electron chi connectivity index (χ1n) is 14.4. The van der Waals surface area contributed by atoms with Gasteiger partial charge in [-0.2, -0.15) is 0 Å². The van der Waals surface area contributed by atoms with E-state index < -0.39 is 0 Å². The van der Waals surface area contributed by atoms with E-state index in [2.05, 4.69) is 0 Å². The highest BCUT2D eigenvalue weighted by atomic mass is 19.1. The number of benzene rings is 3. The van der Waals surface area contributed by atoms with Gasteiger partial charge in [0.15, 0.2) is 0 Å². The first-order valence-corrected chi connectivity index (χ1v) is 14.4. The van der Waals surface area contributed by atoms with Gasteiger partial charge in [-0.3, -0.25) is 4.79 Å². The number of pyridine rings is 1. The minimum absolute atomic E-state index is 0.175. The molecule has 3 aromatic carbocycles. The minimum atomic E-state index is -0.334. The Morgan fingerprint density at radius 3 is 2.68 bits per heavy atom. The molecule has 0 bridgehead atoms. The number of halogens is 1. The van der Waals surface area contributed by atoms with Crippen LogP contribution in [0.2, 0.25) is 0 Å². The Kier molecular flexibility index (Phi) is 8.14. The maximum atomic E-state index is 14.2. The maximum absolute atomic E-state index is 14.2. The summed E-state index contributed by atoms with van der Waals surface area (Å²) in [6.07, 6.45) is 4.18. The Hall–Kier alpha value is -3.97. The summed E-state index contributed by atoms with van der Waals surface area (Å²) in [7, 11) is 0. The molecule has 2 aliphatic rings. The average molecular weight is 555 g/mol. The van der Waals surface area contributed by atoms with Gasteiger partial charge in [0.25, 0.3) is 0 Å². The van der Waals surface area contributed by atoms with Gasteiger partial charge in [0.1, 0.15) is 30.5 Å². The standard InChI is InChI=1S/C34H35FN2O4/c1-23-30(36-29-13-12-26(35)20-28(29)34(23)41-21-25-7-3-2-4-8-25)22-40-32-11-5-10-31-27(32)9-6-16-37(31)33(38)19-24-14-17-39-18-15-24/h2-5,7-8,10-13,20,24H,6,9,14-19,21-22H2,1H3. The second kappa shape index (κ2) is 12.3. The number of anilines is 1. The zero-order valence-electron chi connectivity index (χ0n) is 23.4. The Bertz CT molecular complexity index is 1540. The smallest absolute Gasteiger partial charge is 0.227 e. The summed E-state index contributed by atoms with van der Waals surface area (Å²) >= 11 is 0. The zero-order valence-corrected chi connectivity index (χ0v) is 23.4. The monoisotopic (exact) mass is 554 g/mol. The van der Waals surface area contributed by atoms with Crippen molar-refractivity contribution >= 4 is 22.5 Å². The summed E-state index contributed by atoms with van der Waals surface area (Å²) < 4.78 is 32.3. The van der Waals surface area contributed by atoms with Gasteiger partial charge in [0.05, 0.1) is 16.9 Å². The quantitative estimate of drug-likeness (QED) is 0.236. The molecule has 0 aliphatic carbocycles. The molecule has 0 atom stereocenters. The molecule has 6 nitrogen and oxygen atoms in total.